The first-order valence-electron chi connectivity index (χ1n) is 12.7. The number of nitrogens with zero attached hydrogens (tertiary/aromatic N) is 2. The predicted octanol–water partition coefficient (Wildman–Crippen LogP) is 6.63. The lowest BCUT2D eigenvalue weighted by molar-refractivity contribution is -0.161. The zero-order valence-electron chi connectivity index (χ0n) is 21.0. The monoisotopic (exact) mass is 539 g/mol. The molecule has 3 aliphatic rings. The van der Waals surface area contributed by atoms with Gasteiger partial charge in [-0.25, -0.2) is 4.98 Å². The van der Waals surface area contributed by atoms with Crippen LogP contribution in [0.1, 0.15) is 92.4 Å². The summed E-state index contributed by atoms with van der Waals surface area (Å²) in [6, 6.07) is 8.51. The number of fused-ring (bicyclic) bond motifs is 1. The van der Waals surface area contributed by atoms with Crippen molar-refractivity contribution in [3.05, 3.63) is 51.1 Å². The molecule has 0 atom stereocenters. The van der Waals surface area contributed by atoms with Crippen molar-refractivity contribution in [2.24, 2.45) is 5.92 Å². The van der Waals surface area contributed by atoms with E-state index in [0.717, 1.165) is 41.4 Å². The number of ether oxygens (including phenoxy) is 1. The molecule has 0 spiro atoms. The van der Waals surface area contributed by atoms with Crippen molar-refractivity contribution in [3.63, 3.8) is 0 Å². The van der Waals surface area contributed by atoms with Gasteiger partial charge < -0.3 is 15.0 Å². The number of esters is 1. The van der Waals surface area contributed by atoms with Gasteiger partial charge in [-0.2, -0.15) is 0 Å². The molecule has 186 valence electrons. The highest BCUT2D eigenvalue weighted by Crippen LogP contribution is 2.45. The minimum atomic E-state index is -0.466. The number of nitrogens with one attached hydrogen (secondary N) is 1. The highest BCUT2D eigenvalue weighted by Gasteiger charge is 2.38. The molecule has 1 N–H and O–H groups in total. The summed E-state index contributed by atoms with van der Waals surface area (Å²) in [4.78, 5) is 32.5. The first-order chi connectivity index (χ1) is 16.6. The van der Waals surface area contributed by atoms with Crippen molar-refractivity contribution >= 4 is 39.3 Å². The van der Waals surface area contributed by atoms with Crippen LogP contribution in [0.3, 0.4) is 0 Å². The van der Waals surface area contributed by atoms with Crippen LogP contribution in [0, 0.1) is 12.8 Å². The van der Waals surface area contributed by atoms with Crippen molar-refractivity contribution in [2.45, 2.75) is 90.3 Å². The quantitative estimate of drug-likeness (QED) is 0.431. The number of rotatable bonds is 5. The summed E-state index contributed by atoms with van der Waals surface area (Å²) >= 11 is 3.66. The van der Waals surface area contributed by atoms with Crippen LogP contribution < -0.4 is 5.32 Å². The van der Waals surface area contributed by atoms with Gasteiger partial charge in [-0.1, -0.05) is 22.0 Å². The third-order valence-electron chi connectivity index (χ3n) is 7.27. The molecule has 5 rings (SSSR count). The smallest absolute Gasteiger partial charge is 0.309 e. The summed E-state index contributed by atoms with van der Waals surface area (Å²) in [5.41, 5.74) is 4.60. The Hall–Kier alpha value is -2.41. The maximum atomic E-state index is 13.3. The fraction of sp³-hybridized carbons (Fsp3) is 0.536. The summed E-state index contributed by atoms with van der Waals surface area (Å²) in [5, 5.41) is 3.49. The zero-order valence-corrected chi connectivity index (χ0v) is 22.6. The van der Waals surface area contributed by atoms with Crippen LogP contribution in [0.2, 0.25) is 0 Å². The van der Waals surface area contributed by atoms with E-state index >= 15 is 0 Å². The van der Waals surface area contributed by atoms with Crippen LogP contribution >= 0.6 is 15.9 Å². The summed E-state index contributed by atoms with van der Waals surface area (Å²) < 4.78 is 6.70. The largest absolute Gasteiger partial charge is 0.460 e. The van der Waals surface area contributed by atoms with Gasteiger partial charge in [0.05, 0.1) is 5.92 Å². The molecular weight excluding hydrogens is 506 g/mol. The molecule has 2 heterocycles. The fourth-order valence-electron chi connectivity index (χ4n) is 5.24. The number of anilines is 2. The first-order valence-corrected chi connectivity index (χ1v) is 13.5. The Morgan fingerprint density at radius 3 is 2.49 bits per heavy atom. The van der Waals surface area contributed by atoms with E-state index in [1.54, 1.807) is 0 Å². The molecule has 0 radical (unpaired) electrons. The van der Waals surface area contributed by atoms with Gasteiger partial charge >= 0.3 is 5.97 Å². The Morgan fingerprint density at radius 2 is 1.83 bits per heavy atom. The highest BCUT2D eigenvalue weighted by atomic mass is 79.9. The molecule has 2 aliphatic carbocycles. The van der Waals surface area contributed by atoms with E-state index in [9.17, 15) is 9.59 Å². The topological polar surface area (TPSA) is 71.5 Å². The standard InChI is InChI=1S/C28H34BrN3O3/c1-16-13-23(21(14-22(16)29)17-5-6-17)30-24-12-9-19-15-32(26(33)25(19)31-24)20-10-7-18(8-11-20)27(34)35-28(2,3)4/h9,12-14,17-18,20H,5-8,10-11,15H2,1-4H3,(H,30,31). The maximum absolute atomic E-state index is 13.3. The minimum Gasteiger partial charge on any atom is -0.460 e. The molecule has 1 aromatic carbocycles. The Labute approximate surface area is 216 Å². The van der Waals surface area contributed by atoms with Crippen LogP contribution in [0.4, 0.5) is 11.5 Å². The Kier molecular flexibility index (Phi) is 6.41. The van der Waals surface area contributed by atoms with E-state index in [0.29, 0.717) is 24.0 Å². The highest BCUT2D eigenvalue weighted by molar-refractivity contribution is 9.10. The average molecular weight is 541 g/mol. The lowest BCUT2D eigenvalue weighted by Crippen LogP contribution is -2.40. The van der Waals surface area contributed by atoms with E-state index in [-0.39, 0.29) is 23.8 Å². The van der Waals surface area contributed by atoms with Gasteiger partial charge in [0, 0.05) is 28.3 Å². The first kappa shape index (κ1) is 24.3. The molecule has 2 saturated carbocycles. The summed E-state index contributed by atoms with van der Waals surface area (Å²) in [6.07, 6.45) is 5.58. The van der Waals surface area contributed by atoms with E-state index in [1.807, 2.05) is 37.8 Å². The van der Waals surface area contributed by atoms with E-state index in [4.69, 9.17) is 9.72 Å². The van der Waals surface area contributed by atoms with Crippen LogP contribution in [0.5, 0.6) is 0 Å². The summed E-state index contributed by atoms with van der Waals surface area (Å²) in [5.74, 6) is 1.11. The second kappa shape index (κ2) is 9.23. The third kappa shape index (κ3) is 5.25. The van der Waals surface area contributed by atoms with E-state index < -0.39 is 5.60 Å². The van der Waals surface area contributed by atoms with Gasteiger partial charge in [-0.05, 0) is 101 Å². The number of hydrogen-bond donors (Lipinski definition) is 1. The van der Waals surface area contributed by atoms with Crippen LogP contribution in [-0.4, -0.2) is 33.4 Å². The number of halogens is 1. The maximum Gasteiger partial charge on any atom is 0.309 e. The second-order valence-corrected chi connectivity index (χ2v) is 12.1. The third-order valence-corrected chi connectivity index (χ3v) is 8.13. The summed E-state index contributed by atoms with van der Waals surface area (Å²) in [6.45, 7) is 8.38. The molecule has 7 heteroatoms. The number of aryl methyl sites for hydroxylation is 1. The van der Waals surface area contributed by atoms with E-state index in [2.05, 4.69) is 40.3 Å². The van der Waals surface area contributed by atoms with Gasteiger partial charge in [-0.3, -0.25) is 9.59 Å². The molecule has 2 aromatic rings. The van der Waals surface area contributed by atoms with Crippen LogP contribution in [0.25, 0.3) is 0 Å². The Morgan fingerprint density at radius 1 is 1.11 bits per heavy atom. The minimum absolute atomic E-state index is 0.00114. The Balaban J connectivity index is 1.26. The van der Waals surface area contributed by atoms with Gasteiger partial charge in [-0.15, -0.1) is 0 Å². The van der Waals surface area contributed by atoms with Gasteiger partial charge in [0.1, 0.15) is 17.1 Å². The van der Waals surface area contributed by atoms with Gasteiger partial charge in [0.25, 0.3) is 5.91 Å². The molecule has 0 saturated heterocycles. The number of carbonyl (C=O) groups excluding carboxylic acids is 2. The van der Waals surface area contributed by atoms with Crippen molar-refractivity contribution in [2.75, 3.05) is 5.32 Å². The van der Waals surface area contributed by atoms with Gasteiger partial charge in [0.2, 0.25) is 0 Å². The number of amides is 1. The van der Waals surface area contributed by atoms with Crippen LogP contribution in [0.15, 0.2) is 28.7 Å². The normalized spacial score (nSPS) is 22.2. The van der Waals surface area contributed by atoms with Crippen LogP contribution in [-0.2, 0) is 16.1 Å². The second-order valence-electron chi connectivity index (χ2n) is 11.3. The molecule has 1 aliphatic heterocycles. The number of pyridine rings is 1. The van der Waals surface area contributed by atoms with Crippen molar-refractivity contribution in [1.82, 2.24) is 9.88 Å². The van der Waals surface area contributed by atoms with Crippen molar-refractivity contribution < 1.29 is 14.3 Å². The molecule has 6 nitrogen and oxygen atoms in total. The number of benzene rings is 1. The lowest BCUT2D eigenvalue weighted by atomic mass is 9.85. The predicted molar refractivity (Wildman–Crippen MR) is 140 cm³/mol. The van der Waals surface area contributed by atoms with Crippen molar-refractivity contribution in [3.8, 4) is 0 Å². The molecule has 35 heavy (non-hydrogen) atoms. The number of carbonyl (C=O) groups is 2. The fourth-order valence-corrected chi connectivity index (χ4v) is 5.60. The Bertz CT molecular complexity index is 1160. The van der Waals surface area contributed by atoms with Crippen molar-refractivity contribution in [1.29, 1.82) is 0 Å². The zero-order chi connectivity index (χ0) is 24.9. The lowest BCUT2D eigenvalue weighted by Gasteiger charge is -2.34. The summed E-state index contributed by atoms with van der Waals surface area (Å²) in [7, 11) is 0. The average Bonchev–Trinajstić information content (AvgIpc) is 3.59. The molecule has 0 unspecified atom stereocenters. The van der Waals surface area contributed by atoms with Gasteiger partial charge in [0.15, 0.2) is 0 Å². The molecular formula is C28H34BrN3O3. The molecule has 1 aromatic heterocycles. The molecule has 2 fully saturated rings. The number of aromatic nitrogens is 1. The molecule has 0 bridgehead atoms. The SMILES string of the molecule is Cc1cc(Nc2ccc3c(n2)C(=O)N(C2CCC(C(=O)OC(C)(C)C)CC2)C3)c(C2CC2)cc1Br. The number of hydrogen-bond acceptors (Lipinski definition) is 5. The van der Waals surface area contributed by atoms with E-state index in [1.165, 1.54) is 24.0 Å². The molecule has 1 amide bonds.